The minimum atomic E-state index is -0.930. The predicted octanol–water partition coefficient (Wildman–Crippen LogP) is 6.47. The summed E-state index contributed by atoms with van der Waals surface area (Å²) in [6.45, 7) is 9.43. The predicted molar refractivity (Wildman–Crippen MR) is 149 cm³/mol. The van der Waals surface area contributed by atoms with Crippen molar-refractivity contribution in [2.75, 3.05) is 11.5 Å². The van der Waals surface area contributed by atoms with Gasteiger partial charge in [-0.2, -0.15) is 0 Å². The molecule has 4 rings (SSSR count). The topological polar surface area (TPSA) is 110 Å². The van der Waals surface area contributed by atoms with Crippen LogP contribution in [0.2, 0.25) is 0 Å². The molecule has 0 aliphatic carbocycles. The standard InChI is InChI=1S/C28H31N3O5S2/c1-6-7-8-9-14-36-20-12-10-19(11-13-20)22-21(23(33)26-16(3)29-18(5)37-26)24(34)27(35)31(22)28-30-15(2)25(38-28)17(4)32/h10-13,22,34H,6-9,14H2,1-5H3. The van der Waals surface area contributed by atoms with E-state index in [1.807, 2.05) is 0 Å². The number of ether oxygens (including phenoxy) is 1. The lowest BCUT2D eigenvalue weighted by Gasteiger charge is -2.24. The van der Waals surface area contributed by atoms with Crippen LogP contribution in [0.3, 0.4) is 0 Å². The van der Waals surface area contributed by atoms with Crippen molar-refractivity contribution in [3.63, 3.8) is 0 Å². The number of anilines is 1. The van der Waals surface area contributed by atoms with Gasteiger partial charge in [0.15, 0.2) is 16.7 Å². The average molecular weight is 554 g/mol. The summed E-state index contributed by atoms with van der Waals surface area (Å²) < 4.78 is 5.87. The molecule has 8 nitrogen and oxygen atoms in total. The maximum absolute atomic E-state index is 13.8. The fraction of sp³-hybridized carbons (Fsp3) is 0.393. The molecule has 0 fully saturated rings. The Morgan fingerprint density at radius 1 is 1.00 bits per heavy atom. The van der Waals surface area contributed by atoms with Crippen molar-refractivity contribution < 1.29 is 24.2 Å². The summed E-state index contributed by atoms with van der Waals surface area (Å²) in [4.78, 5) is 50.2. The van der Waals surface area contributed by atoms with Crippen LogP contribution in [0.5, 0.6) is 5.75 Å². The fourth-order valence-corrected chi connectivity index (χ4v) is 6.35. The van der Waals surface area contributed by atoms with E-state index in [0.29, 0.717) is 44.1 Å². The van der Waals surface area contributed by atoms with E-state index in [0.717, 1.165) is 30.6 Å². The van der Waals surface area contributed by atoms with Gasteiger partial charge >= 0.3 is 0 Å². The third kappa shape index (κ3) is 5.42. The molecule has 3 heterocycles. The number of hydrogen-bond acceptors (Lipinski definition) is 9. The highest BCUT2D eigenvalue weighted by molar-refractivity contribution is 7.17. The molecule has 0 radical (unpaired) electrons. The second-order valence-corrected chi connectivity index (χ2v) is 11.4. The summed E-state index contributed by atoms with van der Waals surface area (Å²) in [5.74, 6) is -1.31. The van der Waals surface area contributed by atoms with E-state index in [9.17, 15) is 19.5 Å². The number of thiazole rings is 2. The number of aryl methyl sites for hydroxylation is 3. The summed E-state index contributed by atoms with van der Waals surface area (Å²) in [5, 5.41) is 12.0. The average Bonchev–Trinajstić information content (AvgIpc) is 3.51. The van der Waals surface area contributed by atoms with E-state index >= 15 is 0 Å². The monoisotopic (exact) mass is 553 g/mol. The number of carbonyl (C=O) groups excluding carboxylic acids is 3. The number of amides is 1. The van der Waals surface area contributed by atoms with Crippen LogP contribution in [-0.4, -0.2) is 39.2 Å². The van der Waals surface area contributed by atoms with Crippen molar-refractivity contribution in [1.82, 2.24) is 9.97 Å². The minimum absolute atomic E-state index is 0.0350. The molecule has 200 valence electrons. The zero-order chi connectivity index (χ0) is 27.6. The van der Waals surface area contributed by atoms with Crippen LogP contribution in [0.4, 0.5) is 5.13 Å². The van der Waals surface area contributed by atoms with E-state index in [1.54, 1.807) is 45.0 Å². The molecular weight excluding hydrogens is 522 g/mol. The second kappa shape index (κ2) is 11.6. The number of unbranched alkanes of at least 4 members (excludes halogenated alkanes) is 3. The first-order chi connectivity index (χ1) is 18.1. The number of rotatable bonds is 11. The van der Waals surface area contributed by atoms with Gasteiger partial charge in [-0.15, -0.1) is 11.3 Å². The molecule has 2 aromatic heterocycles. The van der Waals surface area contributed by atoms with Gasteiger partial charge in [-0.3, -0.25) is 19.3 Å². The minimum Gasteiger partial charge on any atom is -0.503 e. The van der Waals surface area contributed by atoms with Crippen LogP contribution in [0.25, 0.3) is 0 Å². The first-order valence-corrected chi connectivity index (χ1v) is 14.2. The highest BCUT2D eigenvalue weighted by Crippen LogP contribution is 2.44. The van der Waals surface area contributed by atoms with Crippen LogP contribution in [-0.2, 0) is 4.79 Å². The van der Waals surface area contributed by atoms with Gasteiger partial charge in [0.05, 0.1) is 44.4 Å². The molecule has 1 aliphatic heterocycles. The molecule has 1 atom stereocenters. The smallest absolute Gasteiger partial charge is 0.296 e. The fourth-order valence-electron chi connectivity index (χ4n) is 4.49. The number of nitrogens with zero attached hydrogens (tertiary/aromatic N) is 3. The van der Waals surface area contributed by atoms with Crippen molar-refractivity contribution >= 4 is 45.3 Å². The normalized spacial score (nSPS) is 15.4. The summed E-state index contributed by atoms with van der Waals surface area (Å²) in [6, 6.07) is 6.24. The lowest BCUT2D eigenvalue weighted by atomic mass is 9.95. The quantitative estimate of drug-likeness (QED) is 0.214. The Morgan fingerprint density at radius 3 is 2.26 bits per heavy atom. The number of aliphatic hydroxyl groups is 1. The van der Waals surface area contributed by atoms with Crippen LogP contribution in [0.15, 0.2) is 35.6 Å². The Hall–Kier alpha value is -3.37. The van der Waals surface area contributed by atoms with Crippen molar-refractivity contribution in [1.29, 1.82) is 0 Å². The van der Waals surface area contributed by atoms with E-state index in [1.165, 1.54) is 29.6 Å². The van der Waals surface area contributed by atoms with E-state index < -0.39 is 23.5 Å². The van der Waals surface area contributed by atoms with Gasteiger partial charge < -0.3 is 9.84 Å². The van der Waals surface area contributed by atoms with Gasteiger partial charge in [-0.25, -0.2) is 9.97 Å². The zero-order valence-electron chi connectivity index (χ0n) is 22.2. The van der Waals surface area contributed by atoms with E-state index in [-0.39, 0.29) is 16.5 Å². The lowest BCUT2D eigenvalue weighted by Crippen LogP contribution is -2.31. The Balaban J connectivity index is 1.73. The molecule has 0 bridgehead atoms. The second-order valence-electron chi connectivity index (χ2n) is 9.26. The molecule has 10 heteroatoms. The molecule has 0 saturated heterocycles. The molecule has 1 aromatic carbocycles. The number of aromatic nitrogens is 2. The Morgan fingerprint density at radius 2 is 1.68 bits per heavy atom. The van der Waals surface area contributed by atoms with Gasteiger partial charge in [0.25, 0.3) is 5.91 Å². The molecular formula is C28H31N3O5S2. The van der Waals surface area contributed by atoms with E-state index in [4.69, 9.17) is 4.74 Å². The molecule has 3 aromatic rings. The van der Waals surface area contributed by atoms with Crippen molar-refractivity contribution in [3.8, 4) is 5.75 Å². The number of hydrogen-bond donors (Lipinski definition) is 1. The van der Waals surface area contributed by atoms with Crippen molar-refractivity contribution in [3.05, 3.63) is 67.3 Å². The van der Waals surface area contributed by atoms with Gasteiger partial charge in [-0.1, -0.05) is 49.7 Å². The third-order valence-corrected chi connectivity index (χ3v) is 8.67. The van der Waals surface area contributed by atoms with Crippen LogP contribution < -0.4 is 9.64 Å². The number of benzene rings is 1. The number of ketones is 2. The highest BCUT2D eigenvalue weighted by Gasteiger charge is 2.46. The van der Waals surface area contributed by atoms with Crippen LogP contribution in [0.1, 0.15) is 86.9 Å². The third-order valence-electron chi connectivity index (χ3n) is 6.34. The van der Waals surface area contributed by atoms with Crippen molar-refractivity contribution in [2.45, 2.75) is 66.3 Å². The summed E-state index contributed by atoms with van der Waals surface area (Å²) >= 11 is 2.29. The largest absolute Gasteiger partial charge is 0.503 e. The SMILES string of the molecule is CCCCCCOc1ccc(C2C(C(=O)c3sc(C)nc3C)=C(O)C(=O)N2c2nc(C)c(C(C)=O)s2)cc1. The van der Waals surface area contributed by atoms with Gasteiger partial charge in [0, 0.05) is 6.92 Å². The Kier molecular flexibility index (Phi) is 8.42. The van der Waals surface area contributed by atoms with Gasteiger partial charge in [-0.05, 0) is 44.9 Å². The molecule has 1 unspecified atom stereocenters. The first-order valence-electron chi connectivity index (χ1n) is 12.6. The summed E-state index contributed by atoms with van der Waals surface area (Å²) in [6.07, 6.45) is 4.39. The maximum Gasteiger partial charge on any atom is 0.296 e. The number of Topliss-reactive ketones (excluding diaryl/α,β-unsaturated/α-hetero) is 2. The highest BCUT2D eigenvalue weighted by atomic mass is 32.1. The molecule has 1 aliphatic rings. The Labute approximate surface area is 230 Å². The first kappa shape index (κ1) is 27.7. The van der Waals surface area contributed by atoms with Crippen LogP contribution >= 0.6 is 22.7 Å². The molecule has 1 N–H and O–H groups in total. The maximum atomic E-state index is 13.8. The molecule has 0 saturated carbocycles. The lowest BCUT2D eigenvalue weighted by molar-refractivity contribution is -0.117. The summed E-state index contributed by atoms with van der Waals surface area (Å²) in [5.41, 5.74) is 1.61. The number of carbonyl (C=O) groups is 3. The van der Waals surface area contributed by atoms with Gasteiger partial charge in [0.1, 0.15) is 5.75 Å². The Bertz CT molecular complexity index is 1400. The zero-order valence-corrected chi connectivity index (χ0v) is 23.8. The number of aliphatic hydroxyl groups excluding tert-OH is 1. The molecule has 38 heavy (non-hydrogen) atoms. The van der Waals surface area contributed by atoms with Crippen LogP contribution in [0, 0.1) is 20.8 Å². The summed E-state index contributed by atoms with van der Waals surface area (Å²) in [7, 11) is 0. The molecule has 1 amide bonds. The van der Waals surface area contributed by atoms with Gasteiger partial charge in [0.2, 0.25) is 5.78 Å². The van der Waals surface area contributed by atoms with Crippen molar-refractivity contribution in [2.24, 2.45) is 0 Å². The molecule has 0 spiro atoms. The van der Waals surface area contributed by atoms with E-state index in [2.05, 4.69) is 16.9 Å².